The van der Waals surface area contributed by atoms with E-state index in [1.165, 1.54) is 0 Å². The molecule has 10 nitrogen and oxygen atoms in total. The molecule has 2 rings (SSSR count). The summed E-state index contributed by atoms with van der Waals surface area (Å²) in [6, 6.07) is 0. The predicted octanol–water partition coefficient (Wildman–Crippen LogP) is -1.66. The van der Waals surface area contributed by atoms with Crippen LogP contribution in [0.4, 0.5) is 0 Å². The van der Waals surface area contributed by atoms with Gasteiger partial charge in [-0.15, -0.1) is 0 Å². The molecule has 0 aromatic rings. The third-order valence-corrected chi connectivity index (χ3v) is 5.79. The fourth-order valence-electron chi connectivity index (χ4n) is 3.65. The normalized spacial score (nSPS) is 42.2. The zero-order chi connectivity index (χ0) is 21.7. The van der Waals surface area contributed by atoms with E-state index in [1.54, 1.807) is 0 Å². The molecule has 6 N–H and O–H groups in total. The second-order valence-corrected chi connectivity index (χ2v) is 8.17. The summed E-state index contributed by atoms with van der Waals surface area (Å²) >= 11 is 0. The molecular weight excluding hydrogens is 388 g/mol. The Balaban J connectivity index is 1.87. The van der Waals surface area contributed by atoms with E-state index in [-0.39, 0.29) is 13.2 Å². The monoisotopic (exact) mass is 424 g/mol. The Morgan fingerprint density at radius 2 is 1.52 bits per heavy atom. The van der Waals surface area contributed by atoms with Gasteiger partial charge in [-0.05, 0) is 18.3 Å². The molecule has 10 heteroatoms. The maximum absolute atomic E-state index is 10.2. The van der Waals surface area contributed by atoms with Gasteiger partial charge >= 0.3 is 0 Å². The summed E-state index contributed by atoms with van der Waals surface area (Å²) in [6.45, 7) is 6.17. The van der Waals surface area contributed by atoms with Crippen LogP contribution in [-0.4, -0.2) is 106 Å². The van der Waals surface area contributed by atoms with Crippen LogP contribution < -0.4 is 0 Å². The van der Waals surface area contributed by atoms with Crippen molar-refractivity contribution in [2.45, 2.75) is 88.9 Å². The van der Waals surface area contributed by atoms with Crippen LogP contribution in [0.2, 0.25) is 0 Å². The van der Waals surface area contributed by atoms with E-state index in [0.717, 1.165) is 12.8 Å². The maximum Gasteiger partial charge on any atom is 0.186 e. The third kappa shape index (κ3) is 6.30. The Morgan fingerprint density at radius 1 is 0.862 bits per heavy atom. The highest BCUT2D eigenvalue weighted by molar-refractivity contribution is 4.90. The van der Waals surface area contributed by atoms with Gasteiger partial charge in [-0.1, -0.05) is 27.2 Å². The standard InChI is InChI=1S/C19H36O10/c1-4-10(9(2)3)5-6-26-19-17(25)15(23)14(22)12(29-19)8-28-18-16(24)13(21)11(20)7-27-18/h9-25H,4-8H2,1-3H3. The molecule has 2 fully saturated rings. The first-order valence-corrected chi connectivity index (χ1v) is 10.3. The van der Waals surface area contributed by atoms with Crippen molar-refractivity contribution in [2.75, 3.05) is 19.8 Å². The molecule has 0 aromatic carbocycles. The molecule has 2 aliphatic heterocycles. The largest absolute Gasteiger partial charge is 0.388 e. The van der Waals surface area contributed by atoms with Gasteiger partial charge in [0.25, 0.3) is 0 Å². The summed E-state index contributed by atoms with van der Waals surface area (Å²) in [5.41, 5.74) is 0. The van der Waals surface area contributed by atoms with Gasteiger partial charge in [-0.3, -0.25) is 0 Å². The van der Waals surface area contributed by atoms with Crippen molar-refractivity contribution in [3.8, 4) is 0 Å². The molecule has 0 aromatic heterocycles. The van der Waals surface area contributed by atoms with Crippen molar-refractivity contribution in [1.29, 1.82) is 0 Å². The quantitative estimate of drug-likeness (QED) is 0.253. The number of hydrogen-bond acceptors (Lipinski definition) is 10. The van der Waals surface area contributed by atoms with Crippen LogP contribution in [0.25, 0.3) is 0 Å². The average Bonchev–Trinajstić information content (AvgIpc) is 2.69. The zero-order valence-electron chi connectivity index (χ0n) is 17.2. The van der Waals surface area contributed by atoms with E-state index in [0.29, 0.717) is 18.4 Å². The third-order valence-electron chi connectivity index (χ3n) is 5.79. The molecule has 0 spiro atoms. The second-order valence-electron chi connectivity index (χ2n) is 8.17. The number of aliphatic hydroxyl groups excluding tert-OH is 6. The fourth-order valence-corrected chi connectivity index (χ4v) is 3.65. The van der Waals surface area contributed by atoms with Crippen LogP contribution >= 0.6 is 0 Å². The van der Waals surface area contributed by atoms with Crippen LogP contribution in [0.5, 0.6) is 0 Å². The lowest BCUT2D eigenvalue weighted by Crippen LogP contribution is -2.60. The van der Waals surface area contributed by atoms with Crippen molar-refractivity contribution in [1.82, 2.24) is 0 Å². The zero-order valence-corrected chi connectivity index (χ0v) is 17.2. The van der Waals surface area contributed by atoms with Crippen molar-refractivity contribution >= 4 is 0 Å². The Morgan fingerprint density at radius 3 is 2.14 bits per heavy atom. The molecule has 0 saturated carbocycles. The molecule has 2 saturated heterocycles. The molecule has 0 bridgehead atoms. The number of aliphatic hydroxyl groups is 6. The highest BCUT2D eigenvalue weighted by atomic mass is 16.7. The first-order valence-electron chi connectivity index (χ1n) is 10.3. The average molecular weight is 424 g/mol. The topological polar surface area (TPSA) is 158 Å². The molecule has 10 atom stereocenters. The van der Waals surface area contributed by atoms with Gasteiger partial charge in [0.2, 0.25) is 0 Å². The van der Waals surface area contributed by atoms with E-state index < -0.39 is 55.3 Å². The fraction of sp³-hybridized carbons (Fsp3) is 1.00. The molecule has 0 radical (unpaired) electrons. The summed E-state index contributed by atoms with van der Waals surface area (Å²) in [7, 11) is 0. The van der Waals surface area contributed by atoms with E-state index >= 15 is 0 Å². The molecule has 172 valence electrons. The minimum atomic E-state index is -1.50. The summed E-state index contributed by atoms with van der Waals surface area (Å²) in [5.74, 6) is 0.947. The van der Waals surface area contributed by atoms with Gasteiger partial charge in [-0.2, -0.15) is 0 Å². The second kappa shape index (κ2) is 11.3. The van der Waals surface area contributed by atoms with Crippen molar-refractivity contribution in [3.63, 3.8) is 0 Å². The predicted molar refractivity (Wildman–Crippen MR) is 99.6 cm³/mol. The van der Waals surface area contributed by atoms with E-state index in [2.05, 4.69) is 20.8 Å². The molecule has 0 amide bonds. The lowest BCUT2D eigenvalue weighted by Gasteiger charge is -2.41. The molecule has 29 heavy (non-hydrogen) atoms. The van der Waals surface area contributed by atoms with Gasteiger partial charge < -0.3 is 49.6 Å². The van der Waals surface area contributed by atoms with Crippen LogP contribution in [-0.2, 0) is 18.9 Å². The summed E-state index contributed by atoms with van der Waals surface area (Å²) in [5, 5.41) is 59.5. The maximum atomic E-state index is 10.2. The smallest absolute Gasteiger partial charge is 0.186 e. The Bertz CT molecular complexity index is 478. The Hall–Kier alpha value is -0.400. The first kappa shape index (κ1) is 24.9. The Labute approximate surface area is 171 Å². The number of rotatable bonds is 9. The Kier molecular flexibility index (Phi) is 9.68. The molecule has 2 aliphatic rings. The minimum Gasteiger partial charge on any atom is -0.388 e. The van der Waals surface area contributed by atoms with Crippen molar-refractivity contribution in [3.05, 3.63) is 0 Å². The molecule has 0 aliphatic carbocycles. The van der Waals surface area contributed by atoms with E-state index in [1.807, 2.05) is 0 Å². The highest BCUT2D eigenvalue weighted by Gasteiger charge is 2.45. The lowest BCUT2D eigenvalue weighted by atomic mass is 9.90. The molecule has 2 heterocycles. The van der Waals surface area contributed by atoms with E-state index in [4.69, 9.17) is 18.9 Å². The first-order chi connectivity index (χ1) is 13.7. The number of hydrogen-bond donors (Lipinski definition) is 6. The van der Waals surface area contributed by atoms with Gasteiger partial charge in [0, 0.05) is 0 Å². The van der Waals surface area contributed by atoms with Crippen LogP contribution in [0.1, 0.15) is 33.6 Å². The summed E-state index contributed by atoms with van der Waals surface area (Å²) in [6.07, 6.45) is -10.2. The van der Waals surface area contributed by atoms with Gasteiger partial charge in [0.1, 0.15) is 42.7 Å². The van der Waals surface area contributed by atoms with Gasteiger partial charge in [0.05, 0.1) is 19.8 Å². The van der Waals surface area contributed by atoms with Gasteiger partial charge in [-0.25, -0.2) is 0 Å². The highest BCUT2D eigenvalue weighted by Crippen LogP contribution is 2.25. The van der Waals surface area contributed by atoms with Gasteiger partial charge in [0.15, 0.2) is 12.6 Å². The number of ether oxygens (including phenoxy) is 4. The van der Waals surface area contributed by atoms with E-state index in [9.17, 15) is 30.6 Å². The molecular formula is C19H36O10. The molecule has 10 unspecified atom stereocenters. The summed E-state index contributed by atoms with van der Waals surface area (Å²) < 4.78 is 21.7. The minimum absolute atomic E-state index is 0.224. The van der Waals surface area contributed by atoms with Crippen molar-refractivity contribution in [2.24, 2.45) is 11.8 Å². The van der Waals surface area contributed by atoms with Crippen LogP contribution in [0.15, 0.2) is 0 Å². The van der Waals surface area contributed by atoms with Crippen molar-refractivity contribution < 1.29 is 49.6 Å². The van der Waals surface area contributed by atoms with Crippen LogP contribution in [0, 0.1) is 11.8 Å². The summed E-state index contributed by atoms with van der Waals surface area (Å²) in [4.78, 5) is 0. The van der Waals surface area contributed by atoms with Crippen LogP contribution in [0.3, 0.4) is 0 Å². The SMILES string of the molecule is CCC(CCOC1OC(COC2OCC(O)C(O)C2O)C(O)C(O)C1O)C(C)C. The lowest BCUT2D eigenvalue weighted by molar-refractivity contribution is -0.321.